The summed E-state index contributed by atoms with van der Waals surface area (Å²) in [4.78, 5) is 4.82. The van der Waals surface area contributed by atoms with Crippen LogP contribution in [0.3, 0.4) is 0 Å². The molecule has 5 heteroatoms. The quantitative estimate of drug-likeness (QED) is 0.674. The first-order valence-electron chi connectivity index (χ1n) is 8.30. The molecule has 5 nitrogen and oxygen atoms in total. The van der Waals surface area contributed by atoms with Crippen LogP contribution >= 0.6 is 0 Å². The van der Waals surface area contributed by atoms with E-state index in [1.807, 2.05) is 43.3 Å². The first kappa shape index (κ1) is 15.0. The Hall–Kier alpha value is -2.53. The van der Waals surface area contributed by atoms with E-state index in [1.165, 1.54) is 0 Å². The van der Waals surface area contributed by atoms with E-state index >= 15 is 0 Å². The van der Waals surface area contributed by atoms with Crippen LogP contribution in [0, 0.1) is 0 Å². The molecule has 0 bridgehead atoms. The number of aromatic nitrogens is 2. The minimum Gasteiger partial charge on any atom is -0.486 e. The van der Waals surface area contributed by atoms with Crippen molar-refractivity contribution in [3.05, 3.63) is 42.5 Å². The maximum Gasteiger partial charge on any atom is 0.162 e. The third kappa shape index (κ3) is 2.71. The molecule has 0 saturated heterocycles. The van der Waals surface area contributed by atoms with Gasteiger partial charge in [-0.3, -0.25) is 0 Å². The number of rotatable bonds is 5. The van der Waals surface area contributed by atoms with Gasteiger partial charge in [0.15, 0.2) is 11.5 Å². The topological polar surface area (TPSA) is 45.5 Å². The smallest absolute Gasteiger partial charge is 0.162 e. The second kappa shape index (κ2) is 6.53. The fraction of sp³-hybridized carbons (Fsp3) is 0.316. The van der Waals surface area contributed by atoms with Crippen molar-refractivity contribution in [3.63, 3.8) is 0 Å². The highest BCUT2D eigenvalue weighted by Gasteiger charge is 2.17. The van der Waals surface area contributed by atoms with Gasteiger partial charge in [-0.1, -0.05) is 12.1 Å². The lowest BCUT2D eigenvalue weighted by atomic mass is 10.2. The molecule has 0 fully saturated rings. The Labute approximate surface area is 140 Å². The molecule has 3 aromatic rings. The van der Waals surface area contributed by atoms with E-state index in [0.29, 0.717) is 26.4 Å². The van der Waals surface area contributed by atoms with Crippen molar-refractivity contribution in [1.82, 2.24) is 9.55 Å². The molecule has 0 amide bonds. The van der Waals surface area contributed by atoms with Crippen LogP contribution in [0.5, 0.6) is 11.5 Å². The van der Waals surface area contributed by atoms with E-state index < -0.39 is 0 Å². The molecule has 0 N–H and O–H groups in total. The molecule has 1 aromatic heterocycles. The fourth-order valence-electron chi connectivity index (χ4n) is 3.00. The number of ether oxygens (including phenoxy) is 3. The Balaban J connectivity index is 1.78. The number of hydrogen-bond acceptors (Lipinski definition) is 4. The second-order valence-electron chi connectivity index (χ2n) is 5.63. The largest absolute Gasteiger partial charge is 0.486 e. The van der Waals surface area contributed by atoms with Gasteiger partial charge in [-0.05, 0) is 37.3 Å². The third-order valence-electron chi connectivity index (χ3n) is 4.12. The Kier molecular flexibility index (Phi) is 4.09. The number of imidazole rings is 1. The van der Waals surface area contributed by atoms with Crippen LogP contribution in [0.2, 0.25) is 0 Å². The molecule has 24 heavy (non-hydrogen) atoms. The van der Waals surface area contributed by atoms with Gasteiger partial charge in [0.25, 0.3) is 0 Å². The Morgan fingerprint density at radius 1 is 1.08 bits per heavy atom. The lowest BCUT2D eigenvalue weighted by Gasteiger charge is -2.19. The Morgan fingerprint density at radius 2 is 1.92 bits per heavy atom. The SMILES string of the molecule is CCOCCn1c(-c2ccc3c(c2)OCCO3)nc2ccccc21. The van der Waals surface area contributed by atoms with Crippen molar-refractivity contribution in [2.24, 2.45) is 0 Å². The molecule has 1 aliphatic heterocycles. The normalized spacial score (nSPS) is 13.4. The first-order chi connectivity index (χ1) is 11.9. The molecule has 0 unspecified atom stereocenters. The average molecular weight is 324 g/mol. The number of benzene rings is 2. The van der Waals surface area contributed by atoms with Gasteiger partial charge in [-0.25, -0.2) is 4.98 Å². The summed E-state index contributed by atoms with van der Waals surface area (Å²) in [7, 11) is 0. The molecule has 0 saturated carbocycles. The van der Waals surface area contributed by atoms with Crippen molar-refractivity contribution in [3.8, 4) is 22.9 Å². The van der Waals surface area contributed by atoms with Crippen LogP contribution in [0.15, 0.2) is 42.5 Å². The van der Waals surface area contributed by atoms with Gasteiger partial charge in [-0.15, -0.1) is 0 Å². The molecular weight excluding hydrogens is 304 g/mol. The summed E-state index contributed by atoms with van der Waals surface area (Å²) in [5.41, 5.74) is 3.12. The minimum absolute atomic E-state index is 0.581. The van der Waals surface area contributed by atoms with E-state index in [1.54, 1.807) is 0 Å². The van der Waals surface area contributed by atoms with Gasteiger partial charge in [0, 0.05) is 18.7 Å². The predicted octanol–water partition coefficient (Wildman–Crippen LogP) is 3.51. The van der Waals surface area contributed by atoms with Crippen LogP contribution < -0.4 is 9.47 Å². The molecule has 124 valence electrons. The van der Waals surface area contributed by atoms with Gasteiger partial charge in [0.2, 0.25) is 0 Å². The number of para-hydroxylation sites is 2. The summed E-state index contributed by atoms with van der Waals surface area (Å²) in [5, 5.41) is 0. The highest BCUT2D eigenvalue weighted by Crippen LogP contribution is 2.35. The van der Waals surface area contributed by atoms with Gasteiger partial charge < -0.3 is 18.8 Å². The van der Waals surface area contributed by atoms with E-state index in [-0.39, 0.29) is 0 Å². The van der Waals surface area contributed by atoms with E-state index in [2.05, 4.69) is 10.6 Å². The standard InChI is InChI=1S/C19H20N2O3/c1-2-22-10-9-21-16-6-4-3-5-15(16)20-19(21)14-7-8-17-18(13-14)24-12-11-23-17/h3-8,13H,2,9-12H2,1H3. The Morgan fingerprint density at radius 3 is 2.79 bits per heavy atom. The summed E-state index contributed by atoms with van der Waals surface area (Å²) < 4.78 is 19.1. The highest BCUT2D eigenvalue weighted by molar-refractivity contribution is 5.81. The summed E-state index contributed by atoms with van der Waals surface area (Å²) in [5.74, 6) is 2.50. The van der Waals surface area contributed by atoms with Gasteiger partial charge >= 0.3 is 0 Å². The first-order valence-corrected chi connectivity index (χ1v) is 8.30. The summed E-state index contributed by atoms with van der Waals surface area (Å²) in [6.07, 6.45) is 0. The van der Waals surface area contributed by atoms with Gasteiger partial charge in [0.1, 0.15) is 19.0 Å². The monoisotopic (exact) mass is 324 g/mol. The van der Waals surface area contributed by atoms with Crippen molar-refractivity contribution < 1.29 is 14.2 Å². The van der Waals surface area contributed by atoms with E-state index in [9.17, 15) is 0 Å². The lowest BCUT2D eigenvalue weighted by molar-refractivity contribution is 0.140. The van der Waals surface area contributed by atoms with Crippen molar-refractivity contribution in [2.45, 2.75) is 13.5 Å². The predicted molar refractivity (Wildman–Crippen MR) is 92.7 cm³/mol. The summed E-state index contributed by atoms with van der Waals surface area (Å²) >= 11 is 0. The maximum atomic E-state index is 5.71. The molecule has 4 rings (SSSR count). The number of hydrogen-bond donors (Lipinski definition) is 0. The average Bonchev–Trinajstić information content (AvgIpc) is 3.00. The summed E-state index contributed by atoms with van der Waals surface area (Å²) in [6, 6.07) is 14.2. The van der Waals surface area contributed by atoms with Crippen molar-refractivity contribution >= 4 is 11.0 Å². The van der Waals surface area contributed by atoms with E-state index in [0.717, 1.165) is 40.5 Å². The maximum absolute atomic E-state index is 5.71. The fourth-order valence-corrected chi connectivity index (χ4v) is 3.00. The zero-order chi connectivity index (χ0) is 16.4. The molecule has 0 spiro atoms. The number of fused-ring (bicyclic) bond motifs is 2. The zero-order valence-electron chi connectivity index (χ0n) is 13.7. The van der Waals surface area contributed by atoms with Crippen LogP contribution in [-0.2, 0) is 11.3 Å². The van der Waals surface area contributed by atoms with Crippen LogP contribution in [0.4, 0.5) is 0 Å². The summed E-state index contributed by atoms with van der Waals surface area (Å²) in [6.45, 7) is 5.32. The van der Waals surface area contributed by atoms with Crippen LogP contribution in [0.1, 0.15) is 6.92 Å². The zero-order valence-corrected chi connectivity index (χ0v) is 13.7. The molecule has 0 aliphatic carbocycles. The van der Waals surface area contributed by atoms with Crippen LogP contribution in [-0.4, -0.2) is 36.0 Å². The third-order valence-corrected chi connectivity index (χ3v) is 4.12. The Bertz CT molecular complexity index is 857. The van der Waals surface area contributed by atoms with E-state index in [4.69, 9.17) is 19.2 Å². The van der Waals surface area contributed by atoms with Gasteiger partial charge in [-0.2, -0.15) is 0 Å². The molecule has 1 aliphatic rings. The second-order valence-corrected chi connectivity index (χ2v) is 5.63. The molecular formula is C19H20N2O3. The molecule has 2 aromatic carbocycles. The minimum atomic E-state index is 0.581. The van der Waals surface area contributed by atoms with Crippen molar-refractivity contribution in [1.29, 1.82) is 0 Å². The van der Waals surface area contributed by atoms with Gasteiger partial charge in [0.05, 0.1) is 17.6 Å². The van der Waals surface area contributed by atoms with Crippen LogP contribution in [0.25, 0.3) is 22.4 Å². The van der Waals surface area contributed by atoms with Crippen molar-refractivity contribution in [2.75, 3.05) is 26.4 Å². The number of nitrogens with zero attached hydrogens (tertiary/aromatic N) is 2. The molecule has 0 radical (unpaired) electrons. The lowest BCUT2D eigenvalue weighted by Crippen LogP contribution is -2.15. The molecule has 2 heterocycles. The molecule has 0 atom stereocenters. The highest BCUT2D eigenvalue weighted by atomic mass is 16.6.